The summed E-state index contributed by atoms with van der Waals surface area (Å²) in [4.78, 5) is 6.10. The highest BCUT2D eigenvalue weighted by atomic mass is 32.2. The first-order valence-corrected chi connectivity index (χ1v) is 8.84. The lowest BCUT2D eigenvalue weighted by Gasteiger charge is -2.06. The van der Waals surface area contributed by atoms with Crippen molar-refractivity contribution in [3.63, 3.8) is 0 Å². The highest BCUT2D eigenvalue weighted by Crippen LogP contribution is 2.33. The number of hydrogen-bond donors (Lipinski definition) is 1. The highest BCUT2D eigenvalue weighted by Gasteiger charge is 2.17. The van der Waals surface area contributed by atoms with Crippen LogP contribution in [0.1, 0.15) is 55.1 Å². The first kappa shape index (κ1) is 14.4. The van der Waals surface area contributed by atoms with Crippen LogP contribution in [0.5, 0.6) is 0 Å². The molecule has 0 saturated heterocycles. The molecule has 2 rings (SSSR count). The summed E-state index contributed by atoms with van der Waals surface area (Å²) in [5.74, 6) is 1.74. The quantitative estimate of drug-likeness (QED) is 0.859. The van der Waals surface area contributed by atoms with E-state index >= 15 is 0 Å². The molecule has 0 bridgehead atoms. The average Bonchev–Trinajstić information content (AvgIpc) is 2.94. The van der Waals surface area contributed by atoms with Gasteiger partial charge in [-0.1, -0.05) is 26.7 Å². The van der Waals surface area contributed by atoms with Crippen LogP contribution < -0.4 is 5.73 Å². The molecule has 4 heteroatoms. The molecular weight excluding hydrogens is 260 g/mol. The molecule has 2 N–H and O–H groups in total. The molecule has 18 heavy (non-hydrogen) atoms. The number of nitrogens with two attached hydrogens (primary N) is 1. The van der Waals surface area contributed by atoms with Crippen LogP contribution in [0.15, 0.2) is 0 Å². The molecule has 102 valence electrons. The number of hydrogen-bond acceptors (Lipinski definition) is 4. The fourth-order valence-corrected chi connectivity index (χ4v) is 4.77. The van der Waals surface area contributed by atoms with E-state index in [1.165, 1.54) is 41.3 Å². The first-order valence-electron chi connectivity index (χ1n) is 6.98. The van der Waals surface area contributed by atoms with Gasteiger partial charge in [0.1, 0.15) is 5.01 Å². The van der Waals surface area contributed by atoms with Crippen LogP contribution in [0.25, 0.3) is 0 Å². The molecule has 0 aliphatic heterocycles. The van der Waals surface area contributed by atoms with Gasteiger partial charge in [-0.3, -0.25) is 0 Å². The van der Waals surface area contributed by atoms with E-state index in [4.69, 9.17) is 10.7 Å². The molecule has 1 aliphatic rings. The summed E-state index contributed by atoms with van der Waals surface area (Å²) in [5.41, 5.74) is 7.07. The Morgan fingerprint density at radius 1 is 1.39 bits per heavy atom. The van der Waals surface area contributed by atoms with E-state index in [-0.39, 0.29) is 0 Å². The molecule has 0 aromatic carbocycles. The Kier molecular flexibility index (Phi) is 5.52. The molecule has 1 aromatic heterocycles. The van der Waals surface area contributed by atoms with Gasteiger partial charge in [0.25, 0.3) is 0 Å². The monoisotopic (exact) mass is 284 g/mol. The van der Waals surface area contributed by atoms with Crippen LogP contribution in [0, 0.1) is 5.92 Å². The van der Waals surface area contributed by atoms with Crippen molar-refractivity contribution >= 4 is 23.1 Å². The third-order valence-electron chi connectivity index (χ3n) is 3.35. The molecule has 1 heterocycles. The van der Waals surface area contributed by atoms with Gasteiger partial charge in [0, 0.05) is 22.4 Å². The second kappa shape index (κ2) is 6.92. The van der Waals surface area contributed by atoms with Gasteiger partial charge in [-0.2, -0.15) is 11.8 Å². The Morgan fingerprint density at radius 3 is 2.72 bits per heavy atom. The van der Waals surface area contributed by atoms with E-state index in [0.29, 0.717) is 12.5 Å². The summed E-state index contributed by atoms with van der Waals surface area (Å²) in [6.07, 6.45) is 6.71. The van der Waals surface area contributed by atoms with Crippen molar-refractivity contribution < 1.29 is 0 Å². The van der Waals surface area contributed by atoms with E-state index in [9.17, 15) is 0 Å². The van der Waals surface area contributed by atoms with Crippen molar-refractivity contribution in [2.45, 2.75) is 63.5 Å². The molecule has 1 saturated carbocycles. The van der Waals surface area contributed by atoms with Crippen LogP contribution >= 0.6 is 23.1 Å². The lowest BCUT2D eigenvalue weighted by atomic mass is 10.1. The van der Waals surface area contributed by atoms with Gasteiger partial charge in [0.05, 0.1) is 5.69 Å². The summed E-state index contributed by atoms with van der Waals surface area (Å²) in [6.45, 7) is 5.13. The van der Waals surface area contributed by atoms with E-state index in [1.54, 1.807) is 0 Å². The van der Waals surface area contributed by atoms with Gasteiger partial charge >= 0.3 is 0 Å². The maximum Gasteiger partial charge on any atom is 0.103 e. The van der Waals surface area contributed by atoms with E-state index in [0.717, 1.165) is 17.4 Å². The van der Waals surface area contributed by atoms with Crippen molar-refractivity contribution in [3.05, 3.63) is 15.6 Å². The number of thioether (sulfide) groups is 1. The Balaban J connectivity index is 1.93. The largest absolute Gasteiger partial charge is 0.326 e. The lowest BCUT2D eigenvalue weighted by molar-refractivity contribution is 0.633. The molecule has 2 nitrogen and oxygen atoms in total. The predicted molar refractivity (Wildman–Crippen MR) is 82.1 cm³/mol. The topological polar surface area (TPSA) is 38.9 Å². The van der Waals surface area contributed by atoms with E-state index < -0.39 is 0 Å². The zero-order valence-electron chi connectivity index (χ0n) is 11.4. The van der Waals surface area contributed by atoms with Crippen LogP contribution in [-0.2, 0) is 18.7 Å². The second-order valence-corrected chi connectivity index (χ2v) is 7.95. The maximum absolute atomic E-state index is 5.82. The van der Waals surface area contributed by atoms with Gasteiger partial charge < -0.3 is 5.73 Å². The minimum atomic E-state index is 0.647. The van der Waals surface area contributed by atoms with Crippen molar-refractivity contribution in [2.75, 3.05) is 0 Å². The van der Waals surface area contributed by atoms with Gasteiger partial charge in [0.15, 0.2) is 0 Å². The zero-order valence-corrected chi connectivity index (χ0v) is 13.1. The molecule has 0 radical (unpaired) electrons. The van der Waals surface area contributed by atoms with Crippen molar-refractivity contribution in [1.82, 2.24) is 4.98 Å². The van der Waals surface area contributed by atoms with Gasteiger partial charge in [-0.25, -0.2) is 4.98 Å². The number of aromatic nitrogens is 1. The molecule has 0 spiro atoms. The Labute approximate surface area is 119 Å². The predicted octanol–water partition coefficient (Wildman–Crippen LogP) is 3.98. The van der Waals surface area contributed by atoms with Crippen LogP contribution in [0.2, 0.25) is 0 Å². The van der Waals surface area contributed by atoms with Crippen LogP contribution in [-0.4, -0.2) is 10.2 Å². The molecule has 0 unspecified atom stereocenters. The SMILES string of the molecule is CC(C)Cc1nc(CSC2CCCC2)sc1CN. The molecule has 1 aromatic rings. The summed E-state index contributed by atoms with van der Waals surface area (Å²) in [7, 11) is 0. The van der Waals surface area contributed by atoms with Gasteiger partial charge in [-0.05, 0) is 25.2 Å². The third-order valence-corrected chi connectivity index (χ3v) is 6.04. The number of nitrogens with zero attached hydrogens (tertiary/aromatic N) is 1. The van der Waals surface area contributed by atoms with Crippen molar-refractivity contribution in [3.8, 4) is 0 Å². The van der Waals surface area contributed by atoms with E-state index in [2.05, 4.69) is 25.6 Å². The van der Waals surface area contributed by atoms with E-state index in [1.807, 2.05) is 11.3 Å². The molecule has 1 aliphatic carbocycles. The van der Waals surface area contributed by atoms with Crippen molar-refractivity contribution in [2.24, 2.45) is 11.7 Å². The first-order chi connectivity index (χ1) is 8.69. The minimum Gasteiger partial charge on any atom is -0.326 e. The smallest absolute Gasteiger partial charge is 0.103 e. The Bertz CT molecular complexity index is 368. The normalized spacial score (nSPS) is 16.9. The average molecular weight is 284 g/mol. The summed E-state index contributed by atoms with van der Waals surface area (Å²) in [6, 6.07) is 0. The molecular formula is C14H24N2S2. The molecule has 0 atom stereocenters. The summed E-state index contributed by atoms with van der Waals surface area (Å²) in [5, 5.41) is 2.16. The molecule has 1 fully saturated rings. The minimum absolute atomic E-state index is 0.647. The summed E-state index contributed by atoms with van der Waals surface area (Å²) >= 11 is 3.92. The number of rotatable bonds is 6. The van der Waals surface area contributed by atoms with Gasteiger partial charge in [-0.15, -0.1) is 11.3 Å². The fourth-order valence-electron chi connectivity index (χ4n) is 2.45. The second-order valence-electron chi connectivity index (χ2n) is 5.50. The lowest BCUT2D eigenvalue weighted by Crippen LogP contribution is -2.02. The number of thiazole rings is 1. The van der Waals surface area contributed by atoms with Crippen molar-refractivity contribution in [1.29, 1.82) is 0 Å². The fraction of sp³-hybridized carbons (Fsp3) is 0.786. The Hall–Kier alpha value is -0.0600. The Morgan fingerprint density at radius 2 is 2.11 bits per heavy atom. The summed E-state index contributed by atoms with van der Waals surface area (Å²) < 4.78 is 0. The van der Waals surface area contributed by atoms with Crippen LogP contribution in [0.4, 0.5) is 0 Å². The van der Waals surface area contributed by atoms with Crippen LogP contribution in [0.3, 0.4) is 0 Å². The zero-order chi connectivity index (χ0) is 13.0. The molecule has 0 amide bonds. The standard InChI is InChI=1S/C14H24N2S2/c1-10(2)7-12-13(8-15)18-14(16-12)9-17-11-5-3-4-6-11/h10-11H,3-9,15H2,1-2H3. The highest BCUT2D eigenvalue weighted by molar-refractivity contribution is 7.99. The van der Waals surface area contributed by atoms with Gasteiger partial charge in [0.2, 0.25) is 0 Å². The third kappa shape index (κ3) is 3.97. The maximum atomic E-state index is 5.82.